The second-order valence-electron chi connectivity index (χ2n) is 3.99. The van der Waals surface area contributed by atoms with Gasteiger partial charge in [-0.05, 0) is 18.6 Å². The van der Waals surface area contributed by atoms with Gasteiger partial charge in [0.25, 0.3) is 0 Å². The molecule has 1 saturated heterocycles. The normalized spacial score (nSPS) is 21.3. The lowest BCUT2D eigenvalue weighted by atomic mass is 10.3. The van der Waals surface area contributed by atoms with Crippen LogP contribution < -0.4 is 0 Å². The minimum absolute atomic E-state index is 0.0952. The van der Waals surface area contributed by atoms with Crippen LogP contribution in [-0.2, 0) is 19.3 Å². The molecule has 1 atom stereocenters. The highest BCUT2D eigenvalue weighted by Gasteiger charge is 2.20. The SMILES string of the molecule is O=S(=O)(CCC1COCCO1)c1ccccc1. The van der Waals surface area contributed by atoms with E-state index >= 15 is 0 Å². The summed E-state index contributed by atoms with van der Waals surface area (Å²) in [6.45, 7) is 1.64. The van der Waals surface area contributed by atoms with Crippen LogP contribution in [0.25, 0.3) is 0 Å². The number of sulfone groups is 1. The van der Waals surface area contributed by atoms with E-state index in [2.05, 4.69) is 0 Å². The van der Waals surface area contributed by atoms with Gasteiger partial charge in [0.05, 0.1) is 36.6 Å². The number of hydrogen-bond donors (Lipinski definition) is 0. The lowest BCUT2D eigenvalue weighted by Crippen LogP contribution is -2.30. The van der Waals surface area contributed by atoms with Crippen LogP contribution in [0.3, 0.4) is 0 Å². The molecule has 0 amide bonds. The average Bonchev–Trinajstić information content (AvgIpc) is 2.39. The molecular weight excluding hydrogens is 240 g/mol. The maximum Gasteiger partial charge on any atom is 0.178 e. The number of benzene rings is 1. The minimum atomic E-state index is -3.20. The summed E-state index contributed by atoms with van der Waals surface area (Å²) in [4.78, 5) is 0.372. The molecule has 0 N–H and O–H groups in total. The Kier molecular flexibility index (Phi) is 4.15. The molecule has 0 bridgehead atoms. The third kappa shape index (κ3) is 3.52. The van der Waals surface area contributed by atoms with Gasteiger partial charge >= 0.3 is 0 Å². The summed E-state index contributed by atoms with van der Waals surface area (Å²) in [6.07, 6.45) is 0.388. The van der Waals surface area contributed by atoms with E-state index in [0.29, 0.717) is 31.1 Å². The molecule has 0 aliphatic carbocycles. The fourth-order valence-electron chi connectivity index (χ4n) is 1.74. The number of rotatable bonds is 4. The third-order valence-electron chi connectivity index (χ3n) is 2.70. The first-order valence-electron chi connectivity index (χ1n) is 5.66. The maximum absolute atomic E-state index is 12.0. The van der Waals surface area contributed by atoms with E-state index in [1.807, 2.05) is 0 Å². The van der Waals surface area contributed by atoms with Crippen molar-refractivity contribution in [2.45, 2.75) is 17.4 Å². The van der Waals surface area contributed by atoms with Crippen molar-refractivity contribution in [3.8, 4) is 0 Å². The molecule has 0 spiro atoms. The quantitative estimate of drug-likeness (QED) is 0.814. The smallest absolute Gasteiger partial charge is 0.178 e. The highest BCUT2D eigenvalue weighted by Crippen LogP contribution is 2.14. The molecule has 1 aliphatic heterocycles. The van der Waals surface area contributed by atoms with E-state index in [-0.39, 0.29) is 11.9 Å². The topological polar surface area (TPSA) is 52.6 Å². The van der Waals surface area contributed by atoms with Crippen LogP contribution in [0.5, 0.6) is 0 Å². The largest absolute Gasteiger partial charge is 0.376 e. The van der Waals surface area contributed by atoms with Crippen molar-refractivity contribution in [3.63, 3.8) is 0 Å². The van der Waals surface area contributed by atoms with Crippen LogP contribution in [0.1, 0.15) is 6.42 Å². The zero-order valence-electron chi connectivity index (χ0n) is 9.54. The first-order valence-corrected chi connectivity index (χ1v) is 7.31. The van der Waals surface area contributed by atoms with Crippen molar-refractivity contribution < 1.29 is 17.9 Å². The molecule has 17 heavy (non-hydrogen) atoms. The van der Waals surface area contributed by atoms with E-state index < -0.39 is 9.84 Å². The summed E-state index contributed by atoms with van der Waals surface area (Å²) in [5.74, 6) is 0.102. The number of ether oxygens (including phenoxy) is 2. The summed E-state index contributed by atoms with van der Waals surface area (Å²) < 4.78 is 34.6. The molecule has 94 valence electrons. The summed E-state index contributed by atoms with van der Waals surface area (Å²) >= 11 is 0. The molecule has 1 aromatic carbocycles. The van der Waals surface area contributed by atoms with Gasteiger partial charge < -0.3 is 9.47 Å². The van der Waals surface area contributed by atoms with Crippen LogP contribution >= 0.6 is 0 Å². The molecule has 1 aromatic rings. The van der Waals surface area contributed by atoms with Crippen LogP contribution in [0.15, 0.2) is 35.2 Å². The van der Waals surface area contributed by atoms with Crippen molar-refractivity contribution in [3.05, 3.63) is 30.3 Å². The molecule has 1 heterocycles. The van der Waals surface area contributed by atoms with E-state index in [0.717, 1.165) is 0 Å². The minimum Gasteiger partial charge on any atom is -0.376 e. The van der Waals surface area contributed by atoms with Gasteiger partial charge in [-0.3, -0.25) is 0 Å². The second kappa shape index (κ2) is 5.62. The maximum atomic E-state index is 12.0. The Morgan fingerprint density at radius 3 is 2.59 bits per heavy atom. The molecule has 5 heteroatoms. The fourth-order valence-corrected chi connectivity index (χ4v) is 3.12. The van der Waals surface area contributed by atoms with Crippen molar-refractivity contribution in [1.82, 2.24) is 0 Å². The second-order valence-corrected chi connectivity index (χ2v) is 6.10. The highest BCUT2D eigenvalue weighted by atomic mass is 32.2. The van der Waals surface area contributed by atoms with E-state index in [9.17, 15) is 8.42 Å². The van der Waals surface area contributed by atoms with Gasteiger partial charge in [0.2, 0.25) is 0 Å². The first-order chi connectivity index (χ1) is 8.18. The van der Waals surface area contributed by atoms with Crippen molar-refractivity contribution in [2.24, 2.45) is 0 Å². The molecule has 1 fully saturated rings. The van der Waals surface area contributed by atoms with Gasteiger partial charge in [-0.2, -0.15) is 0 Å². The molecule has 1 unspecified atom stereocenters. The lowest BCUT2D eigenvalue weighted by molar-refractivity contribution is -0.0884. The van der Waals surface area contributed by atoms with E-state index in [1.54, 1.807) is 30.3 Å². The van der Waals surface area contributed by atoms with Gasteiger partial charge in [-0.25, -0.2) is 8.42 Å². The van der Waals surface area contributed by atoms with Gasteiger partial charge in [-0.1, -0.05) is 18.2 Å². The Morgan fingerprint density at radius 2 is 1.94 bits per heavy atom. The molecule has 0 radical (unpaired) electrons. The zero-order chi connectivity index (χ0) is 12.1. The first kappa shape index (κ1) is 12.5. The zero-order valence-corrected chi connectivity index (χ0v) is 10.4. The van der Waals surface area contributed by atoms with Gasteiger partial charge in [0.1, 0.15) is 0 Å². The summed E-state index contributed by atoms with van der Waals surface area (Å²) in [5.41, 5.74) is 0. The summed E-state index contributed by atoms with van der Waals surface area (Å²) in [6, 6.07) is 8.50. The van der Waals surface area contributed by atoms with Crippen molar-refractivity contribution in [1.29, 1.82) is 0 Å². The lowest BCUT2D eigenvalue weighted by Gasteiger charge is -2.22. The Labute approximate surface area is 101 Å². The number of hydrogen-bond acceptors (Lipinski definition) is 4. The van der Waals surface area contributed by atoms with Crippen molar-refractivity contribution in [2.75, 3.05) is 25.6 Å². The molecule has 1 aliphatic rings. The molecule has 0 aromatic heterocycles. The summed E-state index contributed by atoms with van der Waals surface area (Å²) in [7, 11) is -3.20. The average molecular weight is 256 g/mol. The predicted octanol–water partition coefficient (Wildman–Crippen LogP) is 1.27. The van der Waals surface area contributed by atoms with Crippen LogP contribution in [0, 0.1) is 0 Å². The molecule has 0 saturated carbocycles. The van der Waals surface area contributed by atoms with Gasteiger partial charge in [-0.15, -0.1) is 0 Å². The Hall–Kier alpha value is -0.910. The molecular formula is C12H16O4S. The summed E-state index contributed by atoms with van der Waals surface area (Å²) in [5, 5.41) is 0. The van der Waals surface area contributed by atoms with Crippen LogP contribution in [0.2, 0.25) is 0 Å². The van der Waals surface area contributed by atoms with Gasteiger partial charge in [0, 0.05) is 0 Å². The van der Waals surface area contributed by atoms with Crippen molar-refractivity contribution >= 4 is 9.84 Å². The Balaban J connectivity index is 1.94. The fraction of sp³-hybridized carbons (Fsp3) is 0.500. The molecule has 2 rings (SSSR count). The monoisotopic (exact) mass is 256 g/mol. The van der Waals surface area contributed by atoms with E-state index in [4.69, 9.17) is 9.47 Å². The Bertz CT molecular complexity index is 435. The van der Waals surface area contributed by atoms with Gasteiger partial charge in [0.15, 0.2) is 9.84 Å². The standard InChI is InChI=1S/C12H16O4S/c13-17(14,12-4-2-1-3-5-12)9-6-11-10-15-7-8-16-11/h1-5,11H,6-10H2. The van der Waals surface area contributed by atoms with Crippen LogP contribution in [0.4, 0.5) is 0 Å². The molecule has 4 nitrogen and oxygen atoms in total. The van der Waals surface area contributed by atoms with E-state index in [1.165, 1.54) is 0 Å². The van der Waals surface area contributed by atoms with Crippen LogP contribution in [-0.4, -0.2) is 40.1 Å². The Morgan fingerprint density at radius 1 is 1.18 bits per heavy atom. The predicted molar refractivity (Wildman–Crippen MR) is 63.7 cm³/mol. The highest BCUT2D eigenvalue weighted by molar-refractivity contribution is 7.91. The third-order valence-corrected chi connectivity index (χ3v) is 4.46.